The zero-order valence-electron chi connectivity index (χ0n) is 16.4. The molecule has 0 aliphatic heterocycles. The van der Waals surface area contributed by atoms with Crippen LogP contribution in [0.5, 0.6) is 17.2 Å². The summed E-state index contributed by atoms with van der Waals surface area (Å²) in [4.78, 5) is 8.93. The van der Waals surface area contributed by atoms with E-state index in [1.165, 1.54) is 0 Å². The van der Waals surface area contributed by atoms with Gasteiger partial charge < -0.3 is 24.8 Å². The van der Waals surface area contributed by atoms with Crippen molar-refractivity contribution in [2.75, 3.05) is 31.5 Å². The number of nitrogens with one attached hydrogen (secondary N) is 2. The average molecular weight is 380 g/mol. The van der Waals surface area contributed by atoms with E-state index >= 15 is 0 Å². The van der Waals surface area contributed by atoms with Crippen LogP contribution in [0.4, 0.5) is 23.0 Å². The van der Waals surface area contributed by atoms with Gasteiger partial charge in [0.2, 0.25) is 0 Å². The van der Waals surface area contributed by atoms with Crippen molar-refractivity contribution in [2.45, 2.75) is 13.8 Å². The highest BCUT2D eigenvalue weighted by atomic mass is 16.5. The highest BCUT2D eigenvalue weighted by Gasteiger charge is 2.09. The van der Waals surface area contributed by atoms with Crippen LogP contribution in [0, 0.1) is 6.92 Å². The van der Waals surface area contributed by atoms with Gasteiger partial charge in [-0.2, -0.15) is 0 Å². The highest BCUT2D eigenvalue weighted by Crippen LogP contribution is 2.32. The minimum atomic E-state index is 0.591. The van der Waals surface area contributed by atoms with Crippen molar-refractivity contribution in [2.24, 2.45) is 0 Å². The van der Waals surface area contributed by atoms with Gasteiger partial charge in [-0.15, -0.1) is 0 Å². The first-order valence-corrected chi connectivity index (χ1v) is 8.96. The molecule has 0 saturated heterocycles. The quantitative estimate of drug-likeness (QED) is 0.587. The molecule has 0 aliphatic rings. The largest absolute Gasteiger partial charge is 0.493 e. The first-order chi connectivity index (χ1) is 13.6. The van der Waals surface area contributed by atoms with Crippen LogP contribution < -0.4 is 24.8 Å². The molecule has 2 aromatic carbocycles. The van der Waals surface area contributed by atoms with Gasteiger partial charge in [-0.3, -0.25) is 0 Å². The first-order valence-electron chi connectivity index (χ1n) is 8.96. The smallest absolute Gasteiger partial charge is 0.162 e. The van der Waals surface area contributed by atoms with E-state index < -0.39 is 0 Å². The molecule has 0 atom stereocenters. The molecule has 28 heavy (non-hydrogen) atoms. The van der Waals surface area contributed by atoms with Gasteiger partial charge in [0.1, 0.15) is 23.2 Å². The second kappa shape index (κ2) is 8.94. The molecule has 0 aliphatic carbocycles. The number of benzene rings is 2. The van der Waals surface area contributed by atoms with E-state index in [0.29, 0.717) is 35.6 Å². The normalized spacial score (nSPS) is 10.3. The van der Waals surface area contributed by atoms with Crippen molar-refractivity contribution < 1.29 is 14.2 Å². The second-order valence-corrected chi connectivity index (χ2v) is 5.93. The predicted molar refractivity (Wildman–Crippen MR) is 110 cm³/mol. The van der Waals surface area contributed by atoms with Crippen molar-refractivity contribution in [1.29, 1.82) is 0 Å². The Balaban J connectivity index is 1.84. The first kappa shape index (κ1) is 19.3. The highest BCUT2D eigenvalue weighted by molar-refractivity contribution is 5.68. The molecule has 0 bridgehead atoms. The SMILES string of the molecule is CCOc1ccccc1Nc1cc(Nc2ccc(OC)c(OC)c2)nc(C)n1. The molecule has 0 saturated carbocycles. The molecule has 1 aromatic heterocycles. The summed E-state index contributed by atoms with van der Waals surface area (Å²) in [6.07, 6.45) is 0. The van der Waals surface area contributed by atoms with Crippen LogP contribution in [0.1, 0.15) is 12.7 Å². The van der Waals surface area contributed by atoms with Crippen molar-refractivity contribution in [3.05, 3.63) is 54.4 Å². The fraction of sp³-hybridized carbons (Fsp3) is 0.238. The number of hydrogen-bond acceptors (Lipinski definition) is 7. The molecule has 0 amide bonds. The van der Waals surface area contributed by atoms with Crippen molar-refractivity contribution >= 4 is 23.0 Å². The van der Waals surface area contributed by atoms with Crippen LogP contribution in [0.2, 0.25) is 0 Å². The van der Waals surface area contributed by atoms with Crippen molar-refractivity contribution in [1.82, 2.24) is 9.97 Å². The number of ether oxygens (including phenoxy) is 3. The number of hydrogen-bond donors (Lipinski definition) is 2. The zero-order valence-corrected chi connectivity index (χ0v) is 16.4. The summed E-state index contributed by atoms with van der Waals surface area (Å²) in [5.74, 6) is 4.06. The topological polar surface area (TPSA) is 77.5 Å². The fourth-order valence-electron chi connectivity index (χ4n) is 2.75. The van der Waals surface area contributed by atoms with Crippen LogP contribution in [-0.2, 0) is 0 Å². The Kier molecular flexibility index (Phi) is 6.16. The van der Waals surface area contributed by atoms with Crippen LogP contribution in [-0.4, -0.2) is 30.8 Å². The van der Waals surface area contributed by atoms with Gasteiger partial charge in [-0.05, 0) is 38.1 Å². The van der Waals surface area contributed by atoms with Gasteiger partial charge in [0.25, 0.3) is 0 Å². The average Bonchev–Trinajstić information content (AvgIpc) is 2.69. The van der Waals surface area contributed by atoms with Crippen molar-refractivity contribution in [3.63, 3.8) is 0 Å². The Morgan fingerprint density at radius 2 is 1.54 bits per heavy atom. The summed E-state index contributed by atoms with van der Waals surface area (Å²) in [7, 11) is 3.21. The maximum atomic E-state index is 5.67. The number of methoxy groups -OCH3 is 2. The number of nitrogens with zero attached hydrogens (tertiary/aromatic N) is 2. The van der Waals surface area contributed by atoms with E-state index in [1.807, 2.05) is 62.4 Å². The van der Waals surface area contributed by atoms with E-state index in [-0.39, 0.29) is 0 Å². The summed E-state index contributed by atoms with van der Waals surface area (Å²) < 4.78 is 16.3. The van der Waals surface area contributed by atoms with Gasteiger partial charge in [-0.1, -0.05) is 12.1 Å². The number of para-hydroxylation sites is 2. The maximum absolute atomic E-state index is 5.67. The van der Waals surface area contributed by atoms with Crippen LogP contribution in [0.25, 0.3) is 0 Å². The van der Waals surface area contributed by atoms with E-state index in [9.17, 15) is 0 Å². The Labute approximate surface area is 164 Å². The van der Waals surface area contributed by atoms with E-state index in [1.54, 1.807) is 14.2 Å². The molecular formula is C21H24N4O3. The third kappa shape index (κ3) is 4.62. The number of anilines is 4. The molecule has 3 rings (SSSR count). The number of aryl methyl sites for hydroxylation is 1. The Morgan fingerprint density at radius 1 is 0.821 bits per heavy atom. The van der Waals surface area contributed by atoms with Gasteiger partial charge in [0.15, 0.2) is 11.5 Å². The Hall–Kier alpha value is -3.48. The maximum Gasteiger partial charge on any atom is 0.162 e. The number of rotatable bonds is 8. The standard InChI is InChI=1S/C21H24N4O3/c1-5-28-17-9-7-6-8-16(17)25-21-13-20(22-14(2)23-21)24-15-10-11-18(26-3)19(12-15)27-4/h6-13H,5H2,1-4H3,(H2,22,23,24,25). The van der Waals surface area contributed by atoms with Crippen LogP contribution in [0.3, 0.4) is 0 Å². The monoisotopic (exact) mass is 380 g/mol. The second-order valence-electron chi connectivity index (χ2n) is 5.93. The van der Waals surface area contributed by atoms with E-state index in [2.05, 4.69) is 20.6 Å². The van der Waals surface area contributed by atoms with Gasteiger partial charge in [-0.25, -0.2) is 9.97 Å². The molecule has 7 heteroatoms. The third-order valence-corrected chi connectivity index (χ3v) is 3.94. The molecule has 2 N–H and O–H groups in total. The van der Waals surface area contributed by atoms with E-state index in [0.717, 1.165) is 17.1 Å². The molecule has 0 unspecified atom stereocenters. The zero-order chi connectivity index (χ0) is 19.9. The third-order valence-electron chi connectivity index (χ3n) is 3.94. The molecule has 0 radical (unpaired) electrons. The lowest BCUT2D eigenvalue weighted by Crippen LogP contribution is -2.03. The molecule has 0 fully saturated rings. The Bertz CT molecular complexity index is 947. The lowest BCUT2D eigenvalue weighted by molar-refractivity contribution is 0.342. The Morgan fingerprint density at radius 3 is 2.25 bits per heavy atom. The summed E-state index contributed by atoms with van der Waals surface area (Å²) in [5.41, 5.74) is 1.68. The predicted octanol–water partition coefficient (Wildman–Crippen LogP) is 4.69. The summed E-state index contributed by atoms with van der Waals surface area (Å²) in [5, 5.41) is 6.58. The van der Waals surface area contributed by atoms with Crippen LogP contribution in [0.15, 0.2) is 48.5 Å². The van der Waals surface area contributed by atoms with Crippen molar-refractivity contribution in [3.8, 4) is 17.2 Å². The molecule has 7 nitrogen and oxygen atoms in total. The van der Waals surface area contributed by atoms with Gasteiger partial charge >= 0.3 is 0 Å². The van der Waals surface area contributed by atoms with E-state index in [4.69, 9.17) is 14.2 Å². The lowest BCUT2D eigenvalue weighted by atomic mass is 10.2. The van der Waals surface area contributed by atoms with Gasteiger partial charge in [0, 0.05) is 17.8 Å². The summed E-state index contributed by atoms with van der Waals surface area (Å²) >= 11 is 0. The fourth-order valence-corrected chi connectivity index (χ4v) is 2.75. The summed E-state index contributed by atoms with van der Waals surface area (Å²) in [6.45, 7) is 4.39. The molecule has 3 aromatic rings. The minimum absolute atomic E-state index is 0.591. The van der Waals surface area contributed by atoms with Gasteiger partial charge in [0.05, 0.1) is 26.5 Å². The molecule has 146 valence electrons. The van der Waals surface area contributed by atoms with Crippen LogP contribution >= 0.6 is 0 Å². The molecule has 0 spiro atoms. The lowest BCUT2D eigenvalue weighted by Gasteiger charge is -2.14. The molecular weight excluding hydrogens is 356 g/mol. The molecule has 1 heterocycles. The number of aromatic nitrogens is 2. The summed E-state index contributed by atoms with van der Waals surface area (Å²) in [6, 6.07) is 15.2. The minimum Gasteiger partial charge on any atom is -0.493 e.